The van der Waals surface area contributed by atoms with Gasteiger partial charge in [-0.1, -0.05) is 41.5 Å². The fourth-order valence-electron chi connectivity index (χ4n) is 5.84. The fraction of sp³-hybridized carbons (Fsp3) is 0.0588. The molecule has 0 radical (unpaired) electrons. The molecule has 0 unspecified atom stereocenters. The highest BCUT2D eigenvalue weighted by Gasteiger charge is 2.19. The van der Waals surface area contributed by atoms with E-state index < -0.39 is 0 Å². The molecule has 0 aliphatic carbocycles. The van der Waals surface area contributed by atoms with Crippen LogP contribution >= 0.6 is 0 Å². The van der Waals surface area contributed by atoms with Crippen molar-refractivity contribution in [1.29, 1.82) is 0 Å². The fourth-order valence-corrected chi connectivity index (χ4v) is 5.84. The first-order valence-corrected chi connectivity index (χ1v) is 12.8. The SMILES string of the molecule is Cc1ccc2c(c1)c1cc(C)ccc1n2-c1cccc2c(=O)c3cc4oc5ccccc5c(=O)c4cc3oc12. The molecular formula is C34H21NO4. The van der Waals surface area contributed by atoms with Gasteiger partial charge in [0, 0.05) is 10.8 Å². The van der Waals surface area contributed by atoms with Gasteiger partial charge >= 0.3 is 0 Å². The molecule has 0 bridgehead atoms. The third-order valence-corrected chi connectivity index (χ3v) is 7.69. The molecule has 39 heavy (non-hydrogen) atoms. The van der Waals surface area contributed by atoms with E-state index in [0.717, 1.165) is 27.5 Å². The zero-order valence-corrected chi connectivity index (χ0v) is 21.2. The Kier molecular flexibility index (Phi) is 4.31. The largest absolute Gasteiger partial charge is 0.456 e. The second-order valence-electron chi connectivity index (χ2n) is 10.2. The summed E-state index contributed by atoms with van der Waals surface area (Å²) in [5.74, 6) is 0. The van der Waals surface area contributed by atoms with Crippen LogP contribution in [0, 0.1) is 13.8 Å². The number of hydrogen-bond acceptors (Lipinski definition) is 4. The first-order chi connectivity index (χ1) is 19.0. The Morgan fingerprint density at radius 2 is 1.10 bits per heavy atom. The molecule has 0 N–H and O–H groups in total. The molecule has 0 saturated carbocycles. The lowest BCUT2D eigenvalue weighted by Gasteiger charge is -2.12. The summed E-state index contributed by atoms with van der Waals surface area (Å²) in [6.45, 7) is 4.18. The first kappa shape index (κ1) is 21.9. The molecule has 0 aliphatic rings. The van der Waals surface area contributed by atoms with Crippen molar-refractivity contribution >= 4 is 65.7 Å². The van der Waals surface area contributed by atoms with Crippen molar-refractivity contribution in [2.24, 2.45) is 0 Å². The van der Waals surface area contributed by atoms with Crippen LogP contribution in [-0.4, -0.2) is 4.57 Å². The monoisotopic (exact) mass is 507 g/mol. The normalized spacial score (nSPS) is 12.1. The van der Waals surface area contributed by atoms with Crippen LogP contribution in [0.2, 0.25) is 0 Å². The predicted molar refractivity (Wildman–Crippen MR) is 157 cm³/mol. The molecule has 3 heterocycles. The van der Waals surface area contributed by atoms with Gasteiger partial charge in [-0.15, -0.1) is 0 Å². The van der Waals surface area contributed by atoms with Crippen LogP contribution in [-0.2, 0) is 0 Å². The molecule has 5 nitrogen and oxygen atoms in total. The van der Waals surface area contributed by atoms with Crippen LogP contribution in [0.4, 0.5) is 0 Å². The number of rotatable bonds is 1. The summed E-state index contributed by atoms with van der Waals surface area (Å²) in [5.41, 5.74) is 6.53. The van der Waals surface area contributed by atoms with E-state index in [0.29, 0.717) is 43.9 Å². The van der Waals surface area contributed by atoms with Crippen molar-refractivity contribution in [2.45, 2.75) is 13.8 Å². The summed E-state index contributed by atoms with van der Waals surface area (Å²) in [6, 6.07) is 28.8. The number of nitrogens with zero attached hydrogens (tertiary/aromatic N) is 1. The third-order valence-electron chi connectivity index (χ3n) is 7.69. The number of hydrogen-bond donors (Lipinski definition) is 0. The summed E-state index contributed by atoms with van der Waals surface area (Å²) in [7, 11) is 0. The van der Waals surface area contributed by atoms with Crippen LogP contribution < -0.4 is 10.9 Å². The summed E-state index contributed by atoms with van der Waals surface area (Å²) in [6.07, 6.45) is 0. The highest BCUT2D eigenvalue weighted by Crippen LogP contribution is 2.36. The predicted octanol–water partition coefficient (Wildman–Crippen LogP) is 7.92. The molecule has 0 atom stereocenters. The van der Waals surface area contributed by atoms with Crippen molar-refractivity contribution in [3.8, 4) is 5.69 Å². The van der Waals surface area contributed by atoms with Gasteiger partial charge in [0.25, 0.3) is 0 Å². The molecule has 0 amide bonds. The summed E-state index contributed by atoms with van der Waals surface area (Å²) < 4.78 is 14.7. The van der Waals surface area contributed by atoms with E-state index in [1.54, 1.807) is 36.4 Å². The molecule has 0 aliphatic heterocycles. The first-order valence-electron chi connectivity index (χ1n) is 12.8. The Labute approximate surface area is 221 Å². The van der Waals surface area contributed by atoms with Crippen LogP contribution in [0.1, 0.15) is 11.1 Å². The van der Waals surface area contributed by atoms with Crippen molar-refractivity contribution in [2.75, 3.05) is 0 Å². The molecular weight excluding hydrogens is 486 g/mol. The number of aryl methyl sites for hydroxylation is 2. The van der Waals surface area contributed by atoms with Crippen LogP contribution in [0.5, 0.6) is 0 Å². The van der Waals surface area contributed by atoms with Gasteiger partial charge in [-0.25, -0.2) is 0 Å². The Bertz CT molecular complexity index is 2400. The van der Waals surface area contributed by atoms with E-state index in [4.69, 9.17) is 8.83 Å². The van der Waals surface area contributed by atoms with Crippen molar-refractivity contribution in [3.05, 3.63) is 123 Å². The summed E-state index contributed by atoms with van der Waals surface area (Å²) >= 11 is 0. The minimum atomic E-state index is -0.168. The van der Waals surface area contributed by atoms with E-state index in [-0.39, 0.29) is 10.9 Å². The summed E-state index contributed by atoms with van der Waals surface area (Å²) in [4.78, 5) is 27.1. The molecule has 0 fully saturated rings. The number of para-hydroxylation sites is 2. The van der Waals surface area contributed by atoms with Crippen LogP contribution in [0.15, 0.2) is 109 Å². The second kappa shape index (κ2) is 7.68. The highest BCUT2D eigenvalue weighted by molar-refractivity contribution is 6.11. The van der Waals surface area contributed by atoms with Gasteiger partial charge in [0.05, 0.1) is 38.3 Å². The van der Waals surface area contributed by atoms with Crippen molar-refractivity contribution in [3.63, 3.8) is 0 Å². The maximum Gasteiger partial charge on any atom is 0.200 e. The van der Waals surface area contributed by atoms with Gasteiger partial charge in [-0.3, -0.25) is 9.59 Å². The van der Waals surface area contributed by atoms with Crippen molar-refractivity contribution in [1.82, 2.24) is 4.57 Å². The maximum atomic E-state index is 13.8. The highest BCUT2D eigenvalue weighted by atomic mass is 16.3. The quantitative estimate of drug-likeness (QED) is 0.212. The Hall–Kier alpha value is -5.16. The van der Waals surface area contributed by atoms with E-state index in [9.17, 15) is 9.59 Å². The average Bonchev–Trinajstić information content (AvgIpc) is 3.25. The lowest BCUT2D eigenvalue weighted by Crippen LogP contribution is -2.07. The Morgan fingerprint density at radius 1 is 0.513 bits per heavy atom. The lowest BCUT2D eigenvalue weighted by atomic mass is 10.1. The molecule has 3 aromatic heterocycles. The molecule has 0 saturated heterocycles. The lowest BCUT2D eigenvalue weighted by molar-refractivity contribution is 0.651. The van der Waals surface area contributed by atoms with Gasteiger partial charge in [0.1, 0.15) is 16.7 Å². The number of fused-ring (bicyclic) bond motifs is 7. The number of benzene rings is 5. The number of aromatic nitrogens is 1. The zero-order chi connectivity index (χ0) is 26.4. The van der Waals surface area contributed by atoms with E-state index in [2.05, 4.69) is 54.8 Å². The van der Waals surface area contributed by atoms with Gasteiger partial charge in [-0.05, 0) is 74.5 Å². The molecule has 8 aromatic rings. The van der Waals surface area contributed by atoms with Crippen LogP contribution in [0.25, 0.3) is 71.4 Å². The summed E-state index contributed by atoms with van der Waals surface area (Å²) in [5, 5.41) is 4.00. The maximum absolute atomic E-state index is 13.8. The van der Waals surface area contributed by atoms with E-state index in [1.807, 2.05) is 18.2 Å². The molecule has 5 heteroatoms. The minimum Gasteiger partial charge on any atom is -0.456 e. The van der Waals surface area contributed by atoms with E-state index in [1.165, 1.54) is 11.1 Å². The van der Waals surface area contributed by atoms with Gasteiger partial charge < -0.3 is 13.4 Å². The van der Waals surface area contributed by atoms with Crippen molar-refractivity contribution < 1.29 is 8.83 Å². The van der Waals surface area contributed by atoms with Gasteiger partial charge in [-0.2, -0.15) is 0 Å². The molecule has 8 rings (SSSR count). The standard InChI is InChI=1S/C34H21NO4/c1-18-10-12-26-22(14-18)23-15-19(2)11-13-27(23)35(26)28-8-5-7-21-33(37)25-16-30-24(17-31(25)39-34(21)28)32(36)20-6-3-4-9-29(20)38-30/h3-17H,1-2H3. The molecule has 186 valence electrons. The van der Waals surface area contributed by atoms with E-state index >= 15 is 0 Å². The smallest absolute Gasteiger partial charge is 0.200 e. The van der Waals surface area contributed by atoms with Crippen LogP contribution in [0.3, 0.4) is 0 Å². The molecule has 0 spiro atoms. The molecule has 5 aromatic carbocycles. The third kappa shape index (κ3) is 3.01. The zero-order valence-electron chi connectivity index (χ0n) is 21.2. The Morgan fingerprint density at radius 3 is 1.79 bits per heavy atom. The Balaban J connectivity index is 1.52. The topological polar surface area (TPSA) is 65.3 Å². The van der Waals surface area contributed by atoms with Gasteiger partial charge in [0.15, 0.2) is 5.58 Å². The average molecular weight is 508 g/mol. The minimum absolute atomic E-state index is 0.155. The second-order valence-corrected chi connectivity index (χ2v) is 10.2. The van der Waals surface area contributed by atoms with Gasteiger partial charge in [0.2, 0.25) is 10.9 Å².